The molecule has 0 heterocycles. The molecule has 1 aromatic rings. The summed E-state index contributed by atoms with van der Waals surface area (Å²) in [4.78, 5) is 0. The molecule has 88 valence electrons. The molecule has 2 unspecified atom stereocenters. The first-order valence-corrected chi connectivity index (χ1v) is 6.08. The van der Waals surface area contributed by atoms with Crippen molar-refractivity contribution in [1.82, 2.24) is 0 Å². The lowest BCUT2D eigenvalue weighted by Gasteiger charge is -2.42. The van der Waals surface area contributed by atoms with Crippen LogP contribution in [0.5, 0.6) is 0 Å². The highest BCUT2D eigenvalue weighted by molar-refractivity contribution is 5.42. The van der Waals surface area contributed by atoms with Crippen molar-refractivity contribution in [1.29, 1.82) is 0 Å². The molecular weight excluding hydrogens is 198 g/mol. The van der Waals surface area contributed by atoms with Crippen LogP contribution < -0.4 is 5.73 Å². The van der Waals surface area contributed by atoms with E-state index >= 15 is 0 Å². The van der Waals surface area contributed by atoms with Crippen LogP contribution >= 0.6 is 0 Å². The summed E-state index contributed by atoms with van der Waals surface area (Å²) in [5.74, 6) is 0. The van der Waals surface area contributed by atoms with Gasteiger partial charge >= 0.3 is 0 Å². The number of aryl methyl sites for hydroxylation is 1. The predicted octanol–water partition coefficient (Wildman–Crippen LogP) is 1.99. The van der Waals surface area contributed by atoms with Crippen molar-refractivity contribution < 1.29 is 5.11 Å². The first kappa shape index (κ1) is 11.6. The Morgan fingerprint density at radius 1 is 1.44 bits per heavy atom. The van der Waals surface area contributed by atoms with E-state index in [1.165, 1.54) is 11.1 Å². The second-order valence-electron chi connectivity index (χ2n) is 5.07. The molecule has 0 spiro atoms. The van der Waals surface area contributed by atoms with Gasteiger partial charge in [0.05, 0.1) is 5.60 Å². The van der Waals surface area contributed by atoms with Gasteiger partial charge in [-0.2, -0.15) is 0 Å². The van der Waals surface area contributed by atoms with Crippen molar-refractivity contribution >= 4 is 0 Å². The molecule has 0 fully saturated rings. The van der Waals surface area contributed by atoms with E-state index < -0.39 is 5.60 Å². The van der Waals surface area contributed by atoms with Gasteiger partial charge in [0, 0.05) is 12.0 Å². The van der Waals surface area contributed by atoms with E-state index in [9.17, 15) is 5.11 Å². The molecule has 0 amide bonds. The Morgan fingerprint density at radius 3 is 2.75 bits per heavy atom. The van der Waals surface area contributed by atoms with E-state index in [1.54, 1.807) is 0 Å². The smallest absolute Gasteiger partial charge is 0.0725 e. The Hall–Kier alpha value is -0.860. The van der Waals surface area contributed by atoms with Crippen LogP contribution in [0.25, 0.3) is 0 Å². The minimum atomic E-state index is -0.714. The number of hydrogen-bond donors (Lipinski definition) is 2. The standard InChI is InChI=1S/C14H21NO/c1-3-13(2,16)14(10-15)9-8-11-6-4-5-7-12(11)14/h4-7,16H,3,8-10,15H2,1-2H3. The molecule has 1 aromatic carbocycles. The molecule has 0 aliphatic heterocycles. The van der Waals surface area contributed by atoms with E-state index in [1.807, 2.05) is 19.9 Å². The van der Waals surface area contributed by atoms with Gasteiger partial charge in [0.15, 0.2) is 0 Å². The number of hydrogen-bond acceptors (Lipinski definition) is 2. The number of aliphatic hydroxyl groups is 1. The van der Waals surface area contributed by atoms with Gasteiger partial charge in [-0.15, -0.1) is 0 Å². The van der Waals surface area contributed by atoms with Crippen molar-refractivity contribution in [3.63, 3.8) is 0 Å². The molecule has 0 radical (unpaired) electrons. The summed E-state index contributed by atoms with van der Waals surface area (Å²) in [6, 6.07) is 8.38. The van der Waals surface area contributed by atoms with Crippen LogP contribution in [0.4, 0.5) is 0 Å². The van der Waals surface area contributed by atoms with Crippen molar-refractivity contribution in [2.75, 3.05) is 6.54 Å². The fourth-order valence-electron chi connectivity index (χ4n) is 3.02. The lowest BCUT2D eigenvalue weighted by molar-refractivity contribution is -0.0237. The third-order valence-electron chi connectivity index (χ3n) is 4.42. The fraction of sp³-hybridized carbons (Fsp3) is 0.571. The number of fused-ring (bicyclic) bond motifs is 1. The summed E-state index contributed by atoms with van der Waals surface area (Å²) < 4.78 is 0. The first-order chi connectivity index (χ1) is 7.57. The molecule has 0 saturated carbocycles. The summed E-state index contributed by atoms with van der Waals surface area (Å²) >= 11 is 0. The molecule has 3 N–H and O–H groups in total. The molecule has 2 heteroatoms. The second-order valence-corrected chi connectivity index (χ2v) is 5.07. The second kappa shape index (κ2) is 3.86. The van der Waals surface area contributed by atoms with E-state index in [0.29, 0.717) is 6.54 Å². The van der Waals surface area contributed by atoms with Crippen LogP contribution in [0.15, 0.2) is 24.3 Å². The predicted molar refractivity (Wildman–Crippen MR) is 66.4 cm³/mol. The SMILES string of the molecule is CCC(C)(O)C1(CN)CCc2ccccc21. The number of rotatable bonds is 3. The van der Waals surface area contributed by atoms with E-state index in [0.717, 1.165) is 19.3 Å². The summed E-state index contributed by atoms with van der Waals surface area (Å²) in [5, 5.41) is 10.6. The Morgan fingerprint density at radius 2 is 2.12 bits per heavy atom. The Balaban J connectivity index is 2.54. The monoisotopic (exact) mass is 219 g/mol. The molecule has 2 nitrogen and oxygen atoms in total. The van der Waals surface area contributed by atoms with Gasteiger partial charge in [-0.1, -0.05) is 31.2 Å². The highest BCUT2D eigenvalue weighted by Gasteiger charge is 2.49. The third kappa shape index (κ3) is 1.40. The maximum Gasteiger partial charge on any atom is 0.0725 e. The first-order valence-electron chi connectivity index (χ1n) is 6.08. The summed E-state index contributed by atoms with van der Waals surface area (Å²) in [7, 11) is 0. The number of nitrogens with two attached hydrogens (primary N) is 1. The lowest BCUT2D eigenvalue weighted by Crippen LogP contribution is -2.52. The average molecular weight is 219 g/mol. The largest absolute Gasteiger partial charge is 0.389 e. The van der Waals surface area contributed by atoms with Gasteiger partial charge in [0.1, 0.15) is 0 Å². The van der Waals surface area contributed by atoms with Crippen molar-refractivity contribution in [2.24, 2.45) is 5.73 Å². The van der Waals surface area contributed by atoms with Gasteiger partial charge in [-0.05, 0) is 37.3 Å². The lowest BCUT2D eigenvalue weighted by atomic mass is 9.67. The molecule has 2 atom stereocenters. The zero-order valence-electron chi connectivity index (χ0n) is 10.2. The normalized spacial score (nSPS) is 27.5. The maximum atomic E-state index is 10.6. The van der Waals surface area contributed by atoms with Crippen molar-refractivity contribution in [2.45, 2.75) is 44.1 Å². The quantitative estimate of drug-likeness (QED) is 0.816. The van der Waals surface area contributed by atoms with Gasteiger partial charge in [-0.25, -0.2) is 0 Å². The highest BCUT2D eigenvalue weighted by atomic mass is 16.3. The van der Waals surface area contributed by atoms with Crippen LogP contribution in [0, 0.1) is 0 Å². The third-order valence-corrected chi connectivity index (χ3v) is 4.42. The van der Waals surface area contributed by atoms with Crippen molar-refractivity contribution in [3.05, 3.63) is 35.4 Å². The molecule has 1 aliphatic rings. The summed E-state index contributed by atoms with van der Waals surface area (Å²) in [6.07, 6.45) is 2.73. The van der Waals surface area contributed by atoms with Crippen molar-refractivity contribution in [3.8, 4) is 0 Å². The fourth-order valence-corrected chi connectivity index (χ4v) is 3.02. The summed E-state index contributed by atoms with van der Waals surface area (Å²) in [6.45, 7) is 4.46. The number of benzene rings is 1. The maximum absolute atomic E-state index is 10.6. The minimum absolute atomic E-state index is 0.252. The molecular formula is C14H21NO. The summed E-state index contributed by atoms with van der Waals surface area (Å²) in [5.41, 5.74) is 7.62. The van der Waals surface area contributed by atoms with Crippen LogP contribution in [0.2, 0.25) is 0 Å². The van der Waals surface area contributed by atoms with Crippen LogP contribution in [-0.4, -0.2) is 17.3 Å². The minimum Gasteiger partial charge on any atom is -0.389 e. The van der Waals surface area contributed by atoms with Gasteiger partial charge in [0.25, 0.3) is 0 Å². The van der Waals surface area contributed by atoms with Crippen LogP contribution in [-0.2, 0) is 11.8 Å². The topological polar surface area (TPSA) is 46.2 Å². The van der Waals surface area contributed by atoms with E-state index in [-0.39, 0.29) is 5.41 Å². The molecule has 16 heavy (non-hydrogen) atoms. The zero-order valence-corrected chi connectivity index (χ0v) is 10.2. The highest BCUT2D eigenvalue weighted by Crippen LogP contribution is 2.46. The molecule has 0 saturated heterocycles. The molecule has 1 aliphatic carbocycles. The van der Waals surface area contributed by atoms with E-state index in [4.69, 9.17) is 5.73 Å². The molecule has 0 aromatic heterocycles. The Kier molecular flexibility index (Phi) is 2.81. The Bertz CT molecular complexity index is 386. The van der Waals surface area contributed by atoms with Gasteiger partial charge in [0.2, 0.25) is 0 Å². The molecule has 2 rings (SSSR count). The zero-order chi connectivity index (χ0) is 11.8. The van der Waals surface area contributed by atoms with Crippen LogP contribution in [0.3, 0.4) is 0 Å². The van der Waals surface area contributed by atoms with E-state index in [2.05, 4.69) is 18.2 Å². The molecule has 0 bridgehead atoms. The average Bonchev–Trinajstić information content (AvgIpc) is 2.69. The van der Waals surface area contributed by atoms with Gasteiger partial charge < -0.3 is 10.8 Å². The van der Waals surface area contributed by atoms with Gasteiger partial charge in [-0.3, -0.25) is 0 Å². The van der Waals surface area contributed by atoms with Crippen LogP contribution in [0.1, 0.15) is 37.8 Å². The Labute approximate surface area is 97.5 Å².